The standard InChI is InChI=1S/C5H10N2O3/c1-5(2,3-4-8)9-7-10-6/h7-8H,6H2,1-2H3. The van der Waals surface area contributed by atoms with Crippen molar-refractivity contribution in [2.24, 2.45) is 5.90 Å². The Balaban J connectivity index is 3.71. The summed E-state index contributed by atoms with van der Waals surface area (Å²) in [5.74, 6) is 6.93. The number of nitrogens with one attached hydrogen (secondary N) is 1. The Morgan fingerprint density at radius 2 is 2.20 bits per heavy atom. The summed E-state index contributed by atoms with van der Waals surface area (Å²) in [5.41, 5.74) is 1.11. The van der Waals surface area contributed by atoms with Crippen molar-refractivity contribution in [3.05, 3.63) is 0 Å². The molecule has 0 atom stereocenters. The lowest BCUT2D eigenvalue weighted by molar-refractivity contribution is -0.213. The Kier molecular flexibility index (Phi) is 3.76. The molecule has 0 amide bonds. The van der Waals surface area contributed by atoms with Crippen LogP contribution in [-0.2, 0) is 9.78 Å². The largest absolute Gasteiger partial charge is 0.462 e. The Bertz CT molecular complexity index is 147. The molecule has 0 aromatic carbocycles. The van der Waals surface area contributed by atoms with Crippen molar-refractivity contribution in [2.45, 2.75) is 19.4 Å². The average Bonchev–Trinajstić information content (AvgIpc) is 1.84. The smallest absolute Gasteiger partial charge is 0.150 e. The molecule has 0 aliphatic carbocycles. The molecule has 5 heteroatoms. The number of rotatable bonds is 3. The van der Waals surface area contributed by atoms with Gasteiger partial charge in [0, 0.05) is 0 Å². The Morgan fingerprint density at radius 3 is 2.60 bits per heavy atom. The molecule has 0 unspecified atom stereocenters. The lowest BCUT2D eigenvalue weighted by Gasteiger charge is -2.15. The summed E-state index contributed by atoms with van der Waals surface area (Å²) in [6.45, 7) is 3.25. The van der Waals surface area contributed by atoms with E-state index < -0.39 is 5.60 Å². The third-order valence-corrected chi connectivity index (χ3v) is 0.702. The SMILES string of the molecule is CC(C)(C#CO)ONON. The highest BCUT2D eigenvalue weighted by atomic mass is 17.0. The zero-order valence-electron chi connectivity index (χ0n) is 5.84. The Hall–Kier alpha value is -0.800. The van der Waals surface area contributed by atoms with Crippen LogP contribution in [0.5, 0.6) is 0 Å². The van der Waals surface area contributed by atoms with Crippen LogP contribution in [0.3, 0.4) is 0 Å². The molecular formula is C5H10N2O3. The second-order valence-corrected chi connectivity index (χ2v) is 2.05. The van der Waals surface area contributed by atoms with Crippen LogP contribution in [0.2, 0.25) is 0 Å². The first-order valence-corrected chi connectivity index (χ1v) is 2.57. The molecule has 0 aromatic rings. The van der Waals surface area contributed by atoms with Crippen molar-refractivity contribution >= 4 is 0 Å². The van der Waals surface area contributed by atoms with Gasteiger partial charge in [-0.05, 0) is 19.8 Å². The molecule has 0 saturated carbocycles. The average molecular weight is 146 g/mol. The van der Waals surface area contributed by atoms with Crippen molar-refractivity contribution in [1.82, 2.24) is 5.64 Å². The van der Waals surface area contributed by atoms with E-state index in [4.69, 9.17) is 5.11 Å². The predicted octanol–water partition coefficient (Wildman–Crippen LogP) is -0.575. The number of hydrogen-bond donors (Lipinski definition) is 3. The van der Waals surface area contributed by atoms with Gasteiger partial charge in [-0.2, -0.15) is 10.8 Å². The number of aliphatic hydroxyl groups is 1. The molecule has 5 nitrogen and oxygen atoms in total. The molecule has 0 bridgehead atoms. The van der Waals surface area contributed by atoms with Crippen LogP contribution in [0, 0.1) is 12.0 Å². The summed E-state index contributed by atoms with van der Waals surface area (Å²) in [6, 6.07) is 0. The van der Waals surface area contributed by atoms with Crippen molar-refractivity contribution in [1.29, 1.82) is 0 Å². The van der Waals surface area contributed by atoms with Crippen LogP contribution in [0.1, 0.15) is 13.8 Å². The summed E-state index contributed by atoms with van der Waals surface area (Å²) in [5, 5.41) is 8.16. The summed E-state index contributed by atoms with van der Waals surface area (Å²) in [7, 11) is 0. The molecule has 0 saturated heterocycles. The molecule has 0 aromatic heterocycles. The van der Waals surface area contributed by atoms with Crippen LogP contribution in [0.25, 0.3) is 0 Å². The van der Waals surface area contributed by atoms with Gasteiger partial charge in [-0.1, -0.05) is 5.64 Å². The van der Waals surface area contributed by atoms with Crippen LogP contribution in [0.15, 0.2) is 0 Å². The summed E-state index contributed by atoms with van der Waals surface area (Å²) < 4.78 is 0. The van der Waals surface area contributed by atoms with Gasteiger partial charge in [0.2, 0.25) is 0 Å². The van der Waals surface area contributed by atoms with Crippen LogP contribution >= 0.6 is 0 Å². The van der Waals surface area contributed by atoms with E-state index in [2.05, 4.69) is 21.6 Å². The summed E-state index contributed by atoms with van der Waals surface area (Å²) in [6.07, 6.45) is 1.71. The second kappa shape index (κ2) is 4.09. The van der Waals surface area contributed by atoms with Gasteiger partial charge in [0.25, 0.3) is 0 Å². The van der Waals surface area contributed by atoms with E-state index in [0.717, 1.165) is 0 Å². The van der Waals surface area contributed by atoms with E-state index in [1.165, 1.54) is 0 Å². The first-order chi connectivity index (χ1) is 4.62. The van der Waals surface area contributed by atoms with Gasteiger partial charge < -0.3 is 5.11 Å². The van der Waals surface area contributed by atoms with Crippen LogP contribution < -0.4 is 11.5 Å². The Morgan fingerprint density at radius 1 is 1.60 bits per heavy atom. The fraction of sp³-hybridized carbons (Fsp3) is 0.600. The first-order valence-electron chi connectivity index (χ1n) is 2.57. The van der Waals surface area contributed by atoms with E-state index in [1.807, 2.05) is 5.64 Å². The zero-order chi connectivity index (χ0) is 8.04. The van der Waals surface area contributed by atoms with Crippen molar-refractivity contribution in [3.63, 3.8) is 0 Å². The fourth-order valence-corrected chi connectivity index (χ4v) is 0.288. The van der Waals surface area contributed by atoms with Crippen LogP contribution in [-0.4, -0.2) is 10.7 Å². The quantitative estimate of drug-likeness (QED) is 0.367. The third kappa shape index (κ3) is 4.12. The molecule has 0 spiro atoms. The minimum atomic E-state index is -0.825. The monoisotopic (exact) mass is 146 g/mol. The number of nitrogens with two attached hydrogens (primary N) is 1. The van der Waals surface area contributed by atoms with Gasteiger partial charge in [0.05, 0.1) is 0 Å². The topological polar surface area (TPSA) is 76.7 Å². The summed E-state index contributed by atoms with van der Waals surface area (Å²) >= 11 is 0. The molecule has 10 heavy (non-hydrogen) atoms. The molecule has 0 radical (unpaired) electrons. The third-order valence-electron chi connectivity index (χ3n) is 0.702. The van der Waals surface area contributed by atoms with Crippen molar-refractivity contribution < 1.29 is 14.9 Å². The highest BCUT2D eigenvalue weighted by molar-refractivity contribution is 5.05. The van der Waals surface area contributed by atoms with E-state index in [-0.39, 0.29) is 0 Å². The van der Waals surface area contributed by atoms with E-state index in [9.17, 15) is 0 Å². The van der Waals surface area contributed by atoms with Crippen LogP contribution in [0.4, 0.5) is 0 Å². The van der Waals surface area contributed by atoms with Gasteiger partial charge in [0.15, 0.2) is 5.60 Å². The Labute approximate surface area is 59.0 Å². The maximum Gasteiger partial charge on any atom is 0.150 e. The highest BCUT2D eigenvalue weighted by Gasteiger charge is 2.14. The highest BCUT2D eigenvalue weighted by Crippen LogP contribution is 2.03. The predicted molar refractivity (Wildman–Crippen MR) is 33.3 cm³/mol. The molecule has 0 rings (SSSR count). The minimum absolute atomic E-state index is 0.825. The van der Waals surface area contributed by atoms with Gasteiger partial charge in [-0.25, -0.2) is 0 Å². The van der Waals surface area contributed by atoms with E-state index in [1.54, 1.807) is 20.0 Å². The normalized spacial score (nSPS) is 10.3. The molecule has 0 fully saturated rings. The fourth-order valence-electron chi connectivity index (χ4n) is 0.288. The maximum absolute atomic E-state index is 8.16. The molecule has 0 aliphatic rings. The maximum atomic E-state index is 8.16. The molecule has 58 valence electrons. The van der Waals surface area contributed by atoms with E-state index in [0.29, 0.717) is 0 Å². The number of hydrogen-bond acceptors (Lipinski definition) is 5. The van der Waals surface area contributed by atoms with Gasteiger partial charge in [-0.3, -0.25) is 4.84 Å². The zero-order valence-corrected chi connectivity index (χ0v) is 5.84. The van der Waals surface area contributed by atoms with Gasteiger partial charge in [0.1, 0.15) is 6.11 Å². The lowest BCUT2D eigenvalue weighted by Crippen LogP contribution is -2.32. The molecule has 0 aliphatic heterocycles. The second-order valence-electron chi connectivity index (χ2n) is 2.05. The lowest BCUT2D eigenvalue weighted by atomic mass is 10.2. The molecule has 4 N–H and O–H groups in total. The van der Waals surface area contributed by atoms with Crippen molar-refractivity contribution in [3.8, 4) is 12.0 Å². The summed E-state index contributed by atoms with van der Waals surface area (Å²) in [4.78, 5) is 8.59. The van der Waals surface area contributed by atoms with Gasteiger partial charge in [-0.15, -0.1) is 0 Å². The van der Waals surface area contributed by atoms with Gasteiger partial charge >= 0.3 is 0 Å². The number of aliphatic hydroxyl groups excluding tert-OH is 1. The van der Waals surface area contributed by atoms with E-state index >= 15 is 0 Å². The first kappa shape index (κ1) is 9.20. The van der Waals surface area contributed by atoms with Crippen molar-refractivity contribution in [2.75, 3.05) is 0 Å². The molecular weight excluding hydrogens is 136 g/mol. The minimum Gasteiger partial charge on any atom is -0.462 e. The molecule has 0 heterocycles.